The van der Waals surface area contributed by atoms with Crippen molar-refractivity contribution in [3.63, 3.8) is 0 Å². The molecule has 1 amide bonds. The third-order valence-corrected chi connectivity index (χ3v) is 2.95. The van der Waals surface area contributed by atoms with Gasteiger partial charge >= 0.3 is 0 Å². The molecule has 2 aromatic rings. The van der Waals surface area contributed by atoms with Crippen molar-refractivity contribution in [3.8, 4) is 0 Å². The second-order valence-electron chi connectivity index (χ2n) is 4.04. The Balaban J connectivity index is 2.31. The molecule has 0 aliphatic carbocycles. The van der Waals surface area contributed by atoms with Gasteiger partial charge in [0.1, 0.15) is 11.6 Å². The van der Waals surface area contributed by atoms with Crippen LogP contribution >= 0.6 is 11.6 Å². The molecule has 0 fully saturated rings. The Hall–Kier alpha value is -1.88. The second-order valence-corrected chi connectivity index (χ2v) is 4.44. The third-order valence-electron chi connectivity index (χ3n) is 2.63. The summed E-state index contributed by atoms with van der Waals surface area (Å²) >= 11 is 5.85. The third kappa shape index (κ3) is 2.76. The normalized spacial score (nSPS) is 10.5. The molecule has 0 aliphatic heterocycles. The predicted octanol–water partition coefficient (Wildman–Crippen LogP) is 3.26. The fourth-order valence-corrected chi connectivity index (χ4v) is 2.03. The molecule has 0 saturated heterocycles. The SMILES string of the molecule is CCn1nc(C)cc1NC(=O)c1c(F)cccc1Cl. The van der Waals surface area contributed by atoms with Crippen molar-refractivity contribution >= 4 is 23.3 Å². The molecule has 0 saturated carbocycles. The maximum atomic E-state index is 13.6. The van der Waals surface area contributed by atoms with Gasteiger partial charge < -0.3 is 5.32 Å². The first-order valence-electron chi connectivity index (χ1n) is 5.82. The lowest BCUT2D eigenvalue weighted by Gasteiger charge is -2.08. The van der Waals surface area contributed by atoms with Crippen molar-refractivity contribution in [3.05, 3.63) is 46.4 Å². The average Bonchev–Trinajstić information content (AvgIpc) is 2.69. The Morgan fingerprint density at radius 2 is 2.26 bits per heavy atom. The molecule has 1 aromatic heterocycles. The molecule has 1 heterocycles. The van der Waals surface area contributed by atoms with Crippen LogP contribution in [0.3, 0.4) is 0 Å². The number of carbonyl (C=O) groups excluding carboxylic acids is 1. The second kappa shape index (κ2) is 5.40. The minimum atomic E-state index is -0.649. The van der Waals surface area contributed by atoms with E-state index in [1.54, 1.807) is 10.7 Å². The van der Waals surface area contributed by atoms with Crippen molar-refractivity contribution in [2.75, 3.05) is 5.32 Å². The maximum absolute atomic E-state index is 13.6. The summed E-state index contributed by atoms with van der Waals surface area (Å²) in [5.74, 6) is -0.716. The van der Waals surface area contributed by atoms with E-state index in [-0.39, 0.29) is 10.6 Å². The number of hydrogen-bond acceptors (Lipinski definition) is 2. The summed E-state index contributed by atoms with van der Waals surface area (Å²) in [7, 11) is 0. The minimum absolute atomic E-state index is 0.0804. The molecule has 1 aromatic carbocycles. The Labute approximate surface area is 115 Å². The van der Waals surface area contributed by atoms with E-state index in [4.69, 9.17) is 11.6 Å². The number of benzene rings is 1. The van der Waals surface area contributed by atoms with Crippen LogP contribution in [0.2, 0.25) is 5.02 Å². The van der Waals surface area contributed by atoms with E-state index < -0.39 is 11.7 Å². The van der Waals surface area contributed by atoms with Gasteiger partial charge in [-0.2, -0.15) is 5.10 Å². The van der Waals surface area contributed by atoms with Crippen LogP contribution in [-0.4, -0.2) is 15.7 Å². The van der Waals surface area contributed by atoms with Crippen LogP contribution in [-0.2, 0) is 6.54 Å². The van der Waals surface area contributed by atoms with Crippen LogP contribution in [0, 0.1) is 12.7 Å². The molecule has 1 N–H and O–H groups in total. The number of nitrogens with one attached hydrogen (secondary N) is 1. The van der Waals surface area contributed by atoms with Gasteiger partial charge in [0.25, 0.3) is 5.91 Å². The van der Waals surface area contributed by atoms with Crippen molar-refractivity contribution in [1.82, 2.24) is 9.78 Å². The fourth-order valence-electron chi connectivity index (χ4n) is 1.78. The molecule has 19 heavy (non-hydrogen) atoms. The number of nitrogens with zero attached hydrogens (tertiary/aromatic N) is 2. The first kappa shape index (κ1) is 13.5. The lowest BCUT2D eigenvalue weighted by atomic mass is 10.2. The van der Waals surface area contributed by atoms with Crippen LogP contribution in [0.1, 0.15) is 23.0 Å². The Kier molecular flexibility index (Phi) is 3.85. The first-order valence-corrected chi connectivity index (χ1v) is 6.20. The zero-order valence-corrected chi connectivity index (χ0v) is 11.3. The van der Waals surface area contributed by atoms with Gasteiger partial charge in [0.15, 0.2) is 0 Å². The first-order chi connectivity index (χ1) is 9.02. The van der Waals surface area contributed by atoms with Crippen LogP contribution in [0.25, 0.3) is 0 Å². The number of amides is 1. The van der Waals surface area contributed by atoms with Gasteiger partial charge in [0.2, 0.25) is 0 Å². The molecular formula is C13H13ClFN3O. The summed E-state index contributed by atoms with van der Waals surface area (Å²) < 4.78 is 15.3. The monoisotopic (exact) mass is 281 g/mol. The smallest absolute Gasteiger partial charge is 0.261 e. The highest BCUT2D eigenvalue weighted by Crippen LogP contribution is 2.20. The van der Waals surface area contributed by atoms with Gasteiger partial charge in [0, 0.05) is 12.6 Å². The van der Waals surface area contributed by atoms with Crippen molar-refractivity contribution in [2.24, 2.45) is 0 Å². The molecule has 0 bridgehead atoms. The maximum Gasteiger partial charge on any atom is 0.261 e. The zero-order valence-electron chi connectivity index (χ0n) is 10.6. The highest BCUT2D eigenvalue weighted by molar-refractivity contribution is 6.34. The predicted molar refractivity (Wildman–Crippen MR) is 72.0 cm³/mol. The molecule has 0 radical (unpaired) electrons. The minimum Gasteiger partial charge on any atom is -0.307 e. The van der Waals surface area contributed by atoms with E-state index in [1.807, 2.05) is 13.8 Å². The molecule has 6 heteroatoms. The molecule has 0 atom stereocenters. The van der Waals surface area contributed by atoms with Crippen LogP contribution in [0.4, 0.5) is 10.2 Å². The molecule has 4 nitrogen and oxygen atoms in total. The van der Waals surface area contributed by atoms with Gasteiger partial charge in [-0.15, -0.1) is 0 Å². The lowest BCUT2D eigenvalue weighted by molar-refractivity contribution is 0.102. The zero-order chi connectivity index (χ0) is 14.0. The van der Waals surface area contributed by atoms with Crippen molar-refractivity contribution in [1.29, 1.82) is 0 Å². The van der Waals surface area contributed by atoms with Gasteiger partial charge in [-0.1, -0.05) is 17.7 Å². The molecular weight excluding hydrogens is 269 g/mol. The summed E-state index contributed by atoms with van der Waals surface area (Å²) in [6, 6.07) is 5.84. The number of rotatable bonds is 3. The summed E-state index contributed by atoms with van der Waals surface area (Å²) in [5, 5.41) is 6.89. The van der Waals surface area contributed by atoms with Crippen LogP contribution < -0.4 is 5.32 Å². The quantitative estimate of drug-likeness (QED) is 0.939. The number of carbonyl (C=O) groups is 1. The van der Waals surface area contributed by atoms with Gasteiger partial charge in [-0.05, 0) is 26.0 Å². The number of anilines is 1. The van der Waals surface area contributed by atoms with Gasteiger partial charge in [0.05, 0.1) is 16.3 Å². The number of aryl methyl sites for hydroxylation is 2. The summed E-state index contributed by atoms with van der Waals surface area (Å²) in [4.78, 5) is 12.1. The van der Waals surface area contributed by atoms with Gasteiger partial charge in [-0.3, -0.25) is 4.79 Å². The highest BCUT2D eigenvalue weighted by atomic mass is 35.5. The highest BCUT2D eigenvalue weighted by Gasteiger charge is 2.17. The largest absolute Gasteiger partial charge is 0.307 e. The van der Waals surface area contributed by atoms with Crippen molar-refractivity contribution in [2.45, 2.75) is 20.4 Å². The molecule has 0 aliphatic rings. The Morgan fingerprint density at radius 3 is 2.89 bits per heavy atom. The number of aromatic nitrogens is 2. The van der Waals surface area contributed by atoms with Crippen LogP contribution in [0.15, 0.2) is 24.3 Å². The van der Waals surface area contributed by atoms with Crippen molar-refractivity contribution < 1.29 is 9.18 Å². The number of hydrogen-bond donors (Lipinski definition) is 1. The molecule has 100 valence electrons. The van der Waals surface area contributed by atoms with E-state index >= 15 is 0 Å². The van der Waals surface area contributed by atoms with E-state index in [9.17, 15) is 9.18 Å². The lowest BCUT2D eigenvalue weighted by Crippen LogP contribution is -2.17. The van der Waals surface area contributed by atoms with E-state index in [2.05, 4.69) is 10.4 Å². The Morgan fingerprint density at radius 1 is 1.53 bits per heavy atom. The standard InChI is InChI=1S/C13H13ClFN3O/c1-3-18-11(7-8(2)17-18)16-13(19)12-9(14)5-4-6-10(12)15/h4-7H,3H2,1-2H3,(H,16,19). The fraction of sp³-hybridized carbons (Fsp3) is 0.231. The van der Waals surface area contributed by atoms with E-state index in [0.717, 1.165) is 5.69 Å². The molecule has 2 rings (SSSR count). The summed E-state index contributed by atoms with van der Waals surface area (Å²) in [6.07, 6.45) is 0. The van der Waals surface area contributed by atoms with E-state index in [0.29, 0.717) is 12.4 Å². The molecule has 0 unspecified atom stereocenters. The number of halogens is 2. The summed E-state index contributed by atoms with van der Waals surface area (Å²) in [6.45, 7) is 4.32. The topological polar surface area (TPSA) is 46.9 Å². The molecule has 0 spiro atoms. The van der Waals surface area contributed by atoms with E-state index in [1.165, 1.54) is 18.2 Å². The van der Waals surface area contributed by atoms with Gasteiger partial charge in [-0.25, -0.2) is 9.07 Å². The summed E-state index contributed by atoms with van der Waals surface area (Å²) in [5.41, 5.74) is 0.613. The Bertz CT molecular complexity index is 604. The van der Waals surface area contributed by atoms with Crippen LogP contribution in [0.5, 0.6) is 0 Å². The average molecular weight is 282 g/mol.